The molecule has 3 aromatic rings. The molecular weight excluding hydrogens is 417 g/mol. The molecule has 7 heteroatoms. The first-order valence-corrected chi connectivity index (χ1v) is 11.4. The van der Waals surface area contributed by atoms with Gasteiger partial charge in [-0.3, -0.25) is 4.79 Å². The molecular formula is C26H28FN5O. The second-order valence-electron chi connectivity index (χ2n) is 9.19. The molecule has 1 saturated heterocycles. The Bertz CT molecular complexity index is 1250. The fourth-order valence-corrected chi connectivity index (χ4v) is 5.47. The third-order valence-corrected chi connectivity index (χ3v) is 7.37. The monoisotopic (exact) mass is 445 g/mol. The van der Waals surface area contributed by atoms with Crippen LogP contribution in [-0.4, -0.2) is 38.8 Å². The van der Waals surface area contributed by atoms with Crippen LogP contribution in [0.15, 0.2) is 48.9 Å². The van der Waals surface area contributed by atoms with Gasteiger partial charge in [-0.2, -0.15) is 0 Å². The van der Waals surface area contributed by atoms with Gasteiger partial charge in [-0.25, -0.2) is 14.4 Å². The highest BCUT2D eigenvalue weighted by Gasteiger charge is 2.36. The van der Waals surface area contributed by atoms with Crippen molar-refractivity contribution in [2.45, 2.75) is 32.1 Å². The molecule has 0 bridgehead atoms. The fourth-order valence-electron chi connectivity index (χ4n) is 5.47. The number of anilines is 1. The van der Waals surface area contributed by atoms with E-state index in [9.17, 15) is 9.18 Å². The first-order chi connectivity index (χ1) is 16.0. The second kappa shape index (κ2) is 8.46. The summed E-state index contributed by atoms with van der Waals surface area (Å²) in [6, 6.07) is 6.56. The average Bonchev–Trinajstić information content (AvgIpc) is 3.13. The average molecular weight is 446 g/mol. The maximum Gasteiger partial charge on any atom is 0.146 e. The molecule has 3 heterocycles. The molecule has 1 aliphatic carbocycles. The summed E-state index contributed by atoms with van der Waals surface area (Å²) in [5, 5.41) is 0.818. The van der Waals surface area contributed by atoms with Crippen LogP contribution in [-0.2, 0) is 11.8 Å². The summed E-state index contributed by atoms with van der Waals surface area (Å²) in [6.07, 6.45) is 13.5. The van der Waals surface area contributed by atoms with Gasteiger partial charge in [-0.05, 0) is 66.9 Å². The smallest absolute Gasteiger partial charge is 0.146 e. The van der Waals surface area contributed by atoms with Gasteiger partial charge >= 0.3 is 0 Å². The van der Waals surface area contributed by atoms with Crippen LogP contribution in [0.1, 0.15) is 37.8 Å². The Morgan fingerprint density at radius 3 is 2.55 bits per heavy atom. The van der Waals surface area contributed by atoms with E-state index in [2.05, 4.69) is 25.5 Å². The van der Waals surface area contributed by atoms with E-state index >= 15 is 0 Å². The molecule has 5 rings (SSSR count). The number of rotatable bonds is 4. The lowest BCUT2D eigenvalue weighted by molar-refractivity contribution is -0.104. The van der Waals surface area contributed by atoms with Gasteiger partial charge in [0.05, 0.1) is 11.1 Å². The molecule has 2 N–H and O–H groups in total. The molecule has 2 aliphatic rings. The van der Waals surface area contributed by atoms with Crippen molar-refractivity contribution in [1.82, 2.24) is 19.4 Å². The SMILES string of the molecule is Cn1c(C2=CCC3(CC2)CCN(C=CC=O)CC3)c(-c2ccc(F)cc2)c2c(N)ncnc21. The number of carbonyl (C=O) groups is 1. The van der Waals surface area contributed by atoms with Crippen molar-refractivity contribution in [2.24, 2.45) is 12.5 Å². The van der Waals surface area contributed by atoms with Crippen molar-refractivity contribution in [3.05, 3.63) is 60.5 Å². The predicted octanol–water partition coefficient (Wildman–Crippen LogP) is 4.72. The van der Waals surface area contributed by atoms with E-state index in [0.29, 0.717) is 11.2 Å². The van der Waals surface area contributed by atoms with Crippen LogP contribution in [0.5, 0.6) is 0 Å². The minimum Gasteiger partial charge on any atom is -0.383 e. The van der Waals surface area contributed by atoms with Crippen LogP contribution in [0.3, 0.4) is 0 Å². The van der Waals surface area contributed by atoms with Crippen molar-refractivity contribution in [3.63, 3.8) is 0 Å². The van der Waals surface area contributed by atoms with Crippen LogP contribution < -0.4 is 5.73 Å². The second-order valence-corrected chi connectivity index (χ2v) is 9.19. The Morgan fingerprint density at radius 2 is 1.88 bits per heavy atom. The Labute approximate surface area is 192 Å². The number of nitrogens with zero attached hydrogens (tertiary/aromatic N) is 4. The van der Waals surface area contributed by atoms with Crippen LogP contribution in [0.2, 0.25) is 0 Å². The van der Waals surface area contributed by atoms with Gasteiger partial charge in [0.2, 0.25) is 0 Å². The lowest BCUT2D eigenvalue weighted by atomic mass is 9.68. The number of halogens is 1. The van der Waals surface area contributed by atoms with Crippen molar-refractivity contribution in [2.75, 3.05) is 18.8 Å². The lowest BCUT2D eigenvalue weighted by Crippen LogP contribution is -2.38. The summed E-state index contributed by atoms with van der Waals surface area (Å²) in [5.74, 6) is 0.169. The third-order valence-electron chi connectivity index (χ3n) is 7.37. The molecule has 170 valence electrons. The molecule has 0 saturated carbocycles. The Kier molecular flexibility index (Phi) is 5.48. The maximum absolute atomic E-state index is 13.7. The largest absolute Gasteiger partial charge is 0.383 e. The summed E-state index contributed by atoms with van der Waals surface area (Å²) in [7, 11) is 2.01. The molecule has 1 spiro atoms. The van der Waals surface area contributed by atoms with Crippen LogP contribution in [0.4, 0.5) is 10.2 Å². The molecule has 1 aromatic carbocycles. The number of benzene rings is 1. The Hall–Kier alpha value is -3.48. The first-order valence-electron chi connectivity index (χ1n) is 11.4. The highest BCUT2D eigenvalue weighted by Crippen LogP contribution is 2.48. The summed E-state index contributed by atoms with van der Waals surface area (Å²) in [5.41, 5.74) is 11.7. The van der Waals surface area contributed by atoms with Gasteiger partial charge in [0, 0.05) is 31.9 Å². The molecule has 0 amide bonds. The van der Waals surface area contributed by atoms with E-state index in [1.165, 1.54) is 24.0 Å². The molecule has 0 atom stereocenters. The van der Waals surface area contributed by atoms with Gasteiger partial charge in [0.1, 0.15) is 29.9 Å². The standard InChI is InChI=1S/C26H28FN5O/c1-31-23(19-7-9-26(10-8-19)11-14-32(15-12-26)13-2-16-33)21(18-3-5-20(27)6-4-18)22-24(28)29-17-30-25(22)31/h2-7,13,16-17H,8-12,14-15H2,1H3,(H2,28,29,30). The van der Waals surface area contributed by atoms with E-state index in [-0.39, 0.29) is 5.82 Å². The van der Waals surface area contributed by atoms with Crippen molar-refractivity contribution >= 4 is 28.7 Å². The number of piperidine rings is 1. The van der Waals surface area contributed by atoms with Crippen LogP contribution in [0.25, 0.3) is 27.7 Å². The van der Waals surface area contributed by atoms with E-state index in [0.717, 1.165) is 79.3 Å². The quantitative estimate of drug-likeness (QED) is 0.465. The van der Waals surface area contributed by atoms with E-state index < -0.39 is 0 Å². The summed E-state index contributed by atoms with van der Waals surface area (Å²) in [4.78, 5) is 21.6. The highest BCUT2D eigenvalue weighted by atomic mass is 19.1. The fraction of sp³-hybridized carbons (Fsp3) is 0.346. The number of carbonyl (C=O) groups excluding carboxylic acids is 1. The number of nitrogens with two attached hydrogens (primary N) is 1. The first kappa shape index (κ1) is 21.4. The van der Waals surface area contributed by atoms with Gasteiger partial charge in [0.15, 0.2) is 0 Å². The molecule has 0 unspecified atom stereocenters. The number of likely N-dealkylation sites (tertiary alicyclic amines) is 1. The number of hydrogen-bond donors (Lipinski definition) is 1. The number of fused-ring (bicyclic) bond motifs is 1. The zero-order valence-corrected chi connectivity index (χ0v) is 18.8. The van der Waals surface area contributed by atoms with Crippen LogP contribution in [0, 0.1) is 11.2 Å². The summed E-state index contributed by atoms with van der Waals surface area (Å²) >= 11 is 0. The van der Waals surface area contributed by atoms with Crippen molar-refractivity contribution < 1.29 is 9.18 Å². The zero-order valence-electron chi connectivity index (χ0n) is 18.8. The highest BCUT2D eigenvalue weighted by molar-refractivity contribution is 6.05. The number of aromatic nitrogens is 3. The topological polar surface area (TPSA) is 77.0 Å². The Balaban J connectivity index is 1.52. The van der Waals surface area contributed by atoms with Gasteiger partial charge < -0.3 is 15.2 Å². The van der Waals surface area contributed by atoms with Crippen LogP contribution >= 0.6 is 0 Å². The molecule has 1 aliphatic heterocycles. The minimum absolute atomic E-state index is 0.266. The molecule has 33 heavy (non-hydrogen) atoms. The van der Waals surface area contributed by atoms with Crippen molar-refractivity contribution in [3.8, 4) is 11.1 Å². The summed E-state index contributed by atoms with van der Waals surface area (Å²) < 4.78 is 15.8. The molecule has 2 aromatic heterocycles. The summed E-state index contributed by atoms with van der Waals surface area (Å²) in [6.45, 7) is 1.96. The van der Waals surface area contributed by atoms with E-state index in [1.807, 2.05) is 13.2 Å². The minimum atomic E-state index is -0.266. The van der Waals surface area contributed by atoms with Gasteiger partial charge in [-0.15, -0.1) is 0 Å². The van der Waals surface area contributed by atoms with Gasteiger partial charge in [-0.1, -0.05) is 18.2 Å². The number of nitrogen functional groups attached to an aromatic ring is 1. The molecule has 6 nitrogen and oxygen atoms in total. The van der Waals surface area contributed by atoms with E-state index in [4.69, 9.17) is 5.73 Å². The third kappa shape index (κ3) is 3.81. The number of allylic oxidation sites excluding steroid dienone is 3. The van der Waals surface area contributed by atoms with E-state index in [1.54, 1.807) is 18.2 Å². The molecule has 1 fully saturated rings. The maximum atomic E-state index is 13.7. The predicted molar refractivity (Wildman–Crippen MR) is 129 cm³/mol. The lowest BCUT2D eigenvalue weighted by Gasteiger charge is -2.43. The number of aldehydes is 1. The molecule has 0 radical (unpaired) electrons. The zero-order chi connectivity index (χ0) is 23.0. The number of hydrogen-bond acceptors (Lipinski definition) is 5. The number of aryl methyl sites for hydroxylation is 1. The van der Waals surface area contributed by atoms with Crippen molar-refractivity contribution in [1.29, 1.82) is 0 Å². The Morgan fingerprint density at radius 1 is 1.12 bits per heavy atom. The normalized spacial score (nSPS) is 18.2. The van der Waals surface area contributed by atoms with Gasteiger partial charge in [0.25, 0.3) is 0 Å².